The number of hydrogen-bond donors (Lipinski definition) is 1. The normalized spacial score (nSPS) is 12.3. The fraction of sp³-hybridized carbons (Fsp3) is 0.571. The number of ether oxygens (including phenoxy) is 1. The van der Waals surface area contributed by atoms with Crippen LogP contribution in [-0.4, -0.2) is 16.6 Å². The number of hydrogen-bond acceptors (Lipinski definition) is 3. The Hall–Kier alpha value is -1.03. The highest BCUT2D eigenvalue weighted by atomic mass is 32.2. The van der Waals surface area contributed by atoms with Crippen molar-refractivity contribution in [1.29, 1.82) is 0 Å². The SMILES string of the molecule is CCCCCS(=O)Cc1cc(N)ccc1OCC. The molecule has 0 aliphatic carbocycles. The zero-order valence-corrected chi connectivity index (χ0v) is 12.1. The third kappa shape index (κ3) is 5.08. The minimum Gasteiger partial charge on any atom is -0.494 e. The van der Waals surface area contributed by atoms with Gasteiger partial charge in [0.25, 0.3) is 0 Å². The summed E-state index contributed by atoms with van der Waals surface area (Å²) in [5, 5.41) is 0. The molecular weight excluding hydrogens is 246 g/mol. The van der Waals surface area contributed by atoms with Gasteiger partial charge in [-0.25, -0.2) is 0 Å². The number of unbranched alkanes of at least 4 members (excludes halogenated alkanes) is 2. The minimum absolute atomic E-state index is 0.532. The Labute approximate surface area is 112 Å². The van der Waals surface area contributed by atoms with Crippen LogP contribution in [0.4, 0.5) is 5.69 Å². The van der Waals surface area contributed by atoms with E-state index in [2.05, 4.69) is 6.92 Å². The first-order valence-electron chi connectivity index (χ1n) is 6.53. The zero-order chi connectivity index (χ0) is 13.4. The summed E-state index contributed by atoms with van der Waals surface area (Å²) in [5.74, 6) is 2.09. The van der Waals surface area contributed by atoms with Crippen LogP contribution in [0.2, 0.25) is 0 Å². The first kappa shape index (κ1) is 15.0. The van der Waals surface area contributed by atoms with E-state index in [1.807, 2.05) is 25.1 Å². The molecule has 0 radical (unpaired) electrons. The summed E-state index contributed by atoms with van der Waals surface area (Å²) in [7, 11) is -0.830. The molecule has 0 bridgehead atoms. The van der Waals surface area contributed by atoms with E-state index in [-0.39, 0.29) is 0 Å². The minimum atomic E-state index is -0.830. The second-order valence-electron chi connectivity index (χ2n) is 4.30. The van der Waals surface area contributed by atoms with Crippen molar-refractivity contribution in [3.63, 3.8) is 0 Å². The van der Waals surface area contributed by atoms with Crippen molar-refractivity contribution in [2.24, 2.45) is 0 Å². The summed E-state index contributed by atoms with van der Waals surface area (Å²) in [6, 6.07) is 5.54. The number of benzene rings is 1. The molecule has 1 atom stereocenters. The number of nitrogens with two attached hydrogens (primary N) is 1. The standard InChI is InChI=1S/C14H23NO2S/c1-3-5-6-9-18(16)11-12-10-13(15)7-8-14(12)17-4-2/h7-8,10H,3-6,9,11,15H2,1-2H3. The van der Waals surface area contributed by atoms with E-state index in [4.69, 9.17) is 10.5 Å². The Morgan fingerprint density at radius 1 is 1.28 bits per heavy atom. The molecule has 0 heterocycles. The maximum atomic E-state index is 12.0. The van der Waals surface area contributed by atoms with Crippen molar-refractivity contribution in [1.82, 2.24) is 0 Å². The van der Waals surface area contributed by atoms with E-state index >= 15 is 0 Å². The van der Waals surface area contributed by atoms with E-state index in [1.165, 1.54) is 0 Å². The van der Waals surface area contributed by atoms with Crippen LogP contribution in [0.1, 0.15) is 38.7 Å². The maximum absolute atomic E-state index is 12.0. The van der Waals surface area contributed by atoms with Crippen LogP contribution in [0.25, 0.3) is 0 Å². The third-order valence-electron chi connectivity index (χ3n) is 2.68. The van der Waals surface area contributed by atoms with Gasteiger partial charge in [0.15, 0.2) is 0 Å². The molecule has 1 rings (SSSR count). The lowest BCUT2D eigenvalue weighted by molar-refractivity contribution is 0.337. The Balaban J connectivity index is 2.63. The third-order valence-corrected chi connectivity index (χ3v) is 4.05. The highest BCUT2D eigenvalue weighted by Gasteiger charge is 2.08. The topological polar surface area (TPSA) is 52.3 Å². The predicted octanol–water partition coefficient (Wildman–Crippen LogP) is 3.11. The van der Waals surface area contributed by atoms with E-state index in [1.54, 1.807) is 0 Å². The highest BCUT2D eigenvalue weighted by molar-refractivity contribution is 7.84. The smallest absolute Gasteiger partial charge is 0.123 e. The molecule has 0 fully saturated rings. The molecule has 0 aromatic heterocycles. The molecule has 1 unspecified atom stereocenters. The first-order valence-corrected chi connectivity index (χ1v) is 8.02. The van der Waals surface area contributed by atoms with Crippen LogP contribution in [-0.2, 0) is 16.6 Å². The predicted molar refractivity (Wildman–Crippen MR) is 78.3 cm³/mol. The largest absolute Gasteiger partial charge is 0.494 e. The van der Waals surface area contributed by atoms with Crippen molar-refractivity contribution >= 4 is 16.5 Å². The molecule has 1 aromatic rings. The second kappa shape index (κ2) is 8.14. The molecule has 1 aromatic carbocycles. The molecule has 0 aliphatic heterocycles. The Morgan fingerprint density at radius 3 is 2.72 bits per heavy atom. The van der Waals surface area contributed by atoms with Crippen molar-refractivity contribution in [2.45, 2.75) is 38.9 Å². The molecule has 0 saturated heterocycles. The Bertz CT molecular complexity index is 393. The summed E-state index contributed by atoms with van der Waals surface area (Å²) < 4.78 is 17.5. The van der Waals surface area contributed by atoms with Crippen LogP contribution in [0.3, 0.4) is 0 Å². The van der Waals surface area contributed by atoms with Crippen molar-refractivity contribution in [3.05, 3.63) is 23.8 Å². The fourth-order valence-electron chi connectivity index (χ4n) is 1.77. The van der Waals surface area contributed by atoms with Crippen molar-refractivity contribution in [3.8, 4) is 5.75 Å². The Morgan fingerprint density at radius 2 is 2.06 bits per heavy atom. The summed E-state index contributed by atoms with van der Waals surface area (Å²) in [4.78, 5) is 0. The summed E-state index contributed by atoms with van der Waals surface area (Å²) in [6.07, 6.45) is 3.32. The highest BCUT2D eigenvalue weighted by Crippen LogP contribution is 2.23. The summed E-state index contributed by atoms with van der Waals surface area (Å²) in [5.41, 5.74) is 7.41. The molecule has 102 valence electrons. The molecular formula is C14H23NO2S. The van der Waals surface area contributed by atoms with Gasteiger partial charge in [0.1, 0.15) is 5.75 Å². The average molecular weight is 269 g/mol. The van der Waals surface area contributed by atoms with Gasteiger partial charge in [0, 0.05) is 27.8 Å². The van der Waals surface area contributed by atoms with Gasteiger partial charge < -0.3 is 10.5 Å². The number of rotatable bonds is 8. The van der Waals surface area contributed by atoms with Gasteiger partial charge in [0.05, 0.1) is 12.4 Å². The van der Waals surface area contributed by atoms with Gasteiger partial charge in [-0.1, -0.05) is 19.8 Å². The van der Waals surface area contributed by atoms with Gasteiger partial charge >= 0.3 is 0 Å². The molecule has 18 heavy (non-hydrogen) atoms. The molecule has 4 heteroatoms. The molecule has 0 spiro atoms. The van der Waals surface area contributed by atoms with Gasteiger partial charge in [-0.2, -0.15) is 0 Å². The number of anilines is 1. The first-order chi connectivity index (χ1) is 8.67. The Kier molecular flexibility index (Phi) is 6.80. The molecule has 0 aliphatic rings. The van der Waals surface area contributed by atoms with Crippen molar-refractivity contribution < 1.29 is 8.95 Å². The maximum Gasteiger partial charge on any atom is 0.123 e. The van der Waals surface area contributed by atoms with Crippen LogP contribution >= 0.6 is 0 Å². The van der Waals surface area contributed by atoms with E-state index in [0.717, 1.165) is 36.3 Å². The van der Waals surface area contributed by atoms with Crippen LogP contribution in [0, 0.1) is 0 Å². The van der Waals surface area contributed by atoms with Gasteiger partial charge in [0.2, 0.25) is 0 Å². The van der Waals surface area contributed by atoms with Gasteiger partial charge in [-0.05, 0) is 31.5 Å². The summed E-state index contributed by atoms with van der Waals surface area (Å²) in [6.45, 7) is 4.70. The molecule has 0 saturated carbocycles. The fourth-order valence-corrected chi connectivity index (χ4v) is 3.01. The average Bonchev–Trinajstić information content (AvgIpc) is 2.33. The van der Waals surface area contributed by atoms with Crippen molar-refractivity contribution in [2.75, 3.05) is 18.1 Å². The lowest BCUT2D eigenvalue weighted by atomic mass is 10.2. The van der Waals surface area contributed by atoms with Crippen LogP contribution in [0.5, 0.6) is 5.75 Å². The molecule has 0 amide bonds. The van der Waals surface area contributed by atoms with Crippen LogP contribution in [0.15, 0.2) is 18.2 Å². The lowest BCUT2D eigenvalue weighted by Crippen LogP contribution is -2.04. The van der Waals surface area contributed by atoms with E-state index in [9.17, 15) is 4.21 Å². The van der Waals surface area contributed by atoms with E-state index in [0.29, 0.717) is 18.0 Å². The molecule has 2 N–H and O–H groups in total. The van der Waals surface area contributed by atoms with Gasteiger partial charge in [-0.3, -0.25) is 4.21 Å². The second-order valence-corrected chi connectivity index (χ2v) is 5.87. The quantitative estimate of drug-likeness (QED) is 0.583. The van der Waals surface area contributed by atoms with Gasteiger partial charge in [-0.15, -0.1) is 0 Å². The lowest BCUT2D eigenvalue weighted by Gasteiger charge is -2.10. The summed E-state index contributed by atoms with van der Waals surface area (Å²) >= 11 is 0. The monoisotopic (exact) mass is 269 g/mol. The zero-order valence-electron chi connectivity index (χ0n) is 11.3. The number of nitrogen functional groups attached to an aromatic ring is 1. The van der Waals surface area contributed by atoms with E-state index < -0.39 is 10.8 Å². The van der Waals surface area contributed by atoms with Crippen LogP contribution < -0.4 is 10.5 Å². The molecule has 3 nitrogen and oxygen atoms in total.